The predicted molar refractivity (Wildman–Crippen MR) is 151 cm³/mol. The zero-order chi connectivity index (χ0) is 25.8. The van der Waals surface area contributed by atoms with Crippen molar-refractivity contribution in [3.8, 4) is 5.75 Å². The molecule has 0 saturated heterocycles. The lowest BCUT2D eigenvalue weighted by molar-refractivity contribution is 0.204. The maximum Gasteiger partial charge on any atom is 0.416 e. The average molecular weight is 523 g/mol. The highest BCUT2D eigenvalue weighted by molar-refractivity contribution is 7.15. The van der Waals surface area contributed by atoms with Crippen LogP contribution >= 0.6 is 11.3 Å². The van der Waals surface area contributed by atoms with Gasteiger partial charge in [-0.05, 0) is 89.4 Å². The quantitative estimate of drug-likeness (QED) is 0.305. The number of rotatable bonds is 10. The van der Waals surface area contributed by atoms with Crippen molar-refractivity contribution in [1.82, 2.24) is 25.5 Å². The molecule has 2 heterocycles. The predicted octanol–water partition coefficient (Wildman–Crippen LogP) is 4.83. The molecule has 0 fully saturated rings. The number of benzene rings is 1. The topological polar surface area (TPSA) is 94.3 Å². The first-order chi connectivity index (χ1) is 18.0. The van der Waals surface area contributed by atoms with Gasteiger partial charge in [0.2, 0.25) is 0 Å². The van der Waals surface area contributed by atoms with E-state index in [2.05, 4.69) is 52.9 Å². The van der Waals surface area contributed by atoms with Gasteiger partial charge in [0, 0.05) is 46.3 Å². The minimum absolute atomic E-state index is 0.155. The summed E-state index contributed by atoms with van der Waals surface area (Å²) >= 11 is 1.78. The van der Waals surface area contributed by atoms with Crippen molar-refractivity contribution in [3.05, 3.63) is 52.3 Å². The Labute approximate surface area is 222 Å². The Morgan fingerprint density at radius 3 is 3.00 bits per heavy atom. The third-order valence-corrected chi connectivity index (χ3v) is 8.15. The van der Waals surface area contributed by atoms with E-state index in [1.807, 2.05) is 24.4 Å². The van der Waals surface area contributed by atoms with Crippen LogP contribution in [0.1, 0.15) is 48.7 Å². The molecule has 1 amide bonds. The van der Waals surface area contributed by atoms with Gasteiger partial charge in [-0.25, -0.2) is 9.78 Å². The summed E-state index contributed by atoms with van der Waals surface area (Å²) in [6.07, 6.45) is 10.7. The van der Waals surface area contributed by atoms with E-state index in [0.29, 0.717) is 11.8 Å². The molecule has 198 valence electrons. The van der Waals surface area contributed by atoms with Crippen LogP contribution in [0.15, 0.2) is 36.2 Å². The van der Waals surface area contributed by atoms with Gasteiger partial charge in [-0.2, -0.15) is 0 Å². The van der Waals surface area contributed by atoms with Gasteiger partial charge in [-0.3, -0.25) is 5.32 Å². The minimum atomic E-state index is -0.450. The molecule has 0 saturated carbocycles. The lowest BCUT2D eigenvalue weighted by Gasteiger charge is -2.21. The molecule has 8 nitrogen and oxygen atoms in total. The summed E-state index contributed by atoms with van der Waals surface area (Å²) in [6, 6.07) is 6.49. The molecule has 3 aromatic rings. The van der Waals surface area contributed by atoms with Crippen LogP contribution in [0.3, 0.4) is 0 Å². The van der Waals surface area contributed by atoms with Gasteiger partial charge in [0.15, 0.2) is 5.13 Å². The summed E-state index contributed by atoms with van der Waals surface area (Å²) < 4.78 is 5.78. The lowest BCUT2D eigenvalue weighted by atomic mass is 9.98. The number of aryl methyl sites for hydroxylation is 1. The smallest absolute Gasteiger partial charge is 0.409 e. The number of carbonyl (C=O) groups excluding carboxylic acids is 1. The molecule has 1 aromatic carbocycles. The molecular formula is C28H38N6O2S. The molecule has 37 heavy (non-hydrogen) atoms. The number of aromatic amines is 1. The molecular weight excluding hydrogens is 484 g/mol. The first-order valence-corrected chi connectivity index (χ1v) is 14.2. The fourth-order valence-corrected chi connectivity index (χ4v) is 6.31. The fraction of sp³-hybridized carbons (Fsp3) is 0.500. The van der Waals surface area contributed by atoms with E-state index < -0.39 is 6.09 Å². The zero-order valence-electron chi connectivity index (χ0n) is 22.0. The third kappa shape index (κ3) is 6.34. The van der Waals surface area contributed by atoms with E-state index in [0.717, 1.165) is 85.3 Å². The Bertz CT molecular complexity index is 1260. The molecule has 0 aliphatic heterocycles. The number of likely N-dealkylation sites (N-methyl/N-ethyl adjacent to an activating group) is 1. The van der Waals surface area contributed by atoms with Gasteiger partial charge in [0.25, 0.3) is 0 Å². The van der Waals surface area contributed by atoms with Gasteiger partial charge in [0.1, 0.15) is 5.75 Å². The number of thiazole rings is 1. The number of anilines is 1. The van der Waals surface area contributed by atoms with Crippen molar-refractivity contribution in [3.63, 3.8) is 0 Å². The van der Waals surface area contributed by atoms with Crippen molar-refractivity contribution in [2.24, 2.45) is 0 Å². The molecule has 2 aromatic heterocycles. The minimum Gasteiger partial charge on any atom is -0.409 e. The van der Waals surface area contributed by atoms with E-state index in [1.165, 1.54) is 10.6 Å². The third-order valence-electron chi connectivity index (χ3n) is 7.10. The molecule has 0 bridgehead atoms. The number of allylic oxidation sites excluding steroid dienone is 1. The fourth-order valence-electron chi connectivity index (χ4n) is 5.16. The maximum absolute atomic E-state index is 12.8. The van der Waals surface area contributed by atoms with Crippen molar-refractivity contribution in [2.45, 2.75) is 64.0 Å². The number of ether oxygens (including phenoxy) is 1. The number of H-pyrrole nitrogens is 1. The molecule has 5 rings (SSSR count). The van der Waals surface area contributed by atoms with Gasteiger partial charge in [-0.1, -0.05) is 13.0 Å². The number of nitrogens with zero attached hydrogens (tertiary/aromatic N) is 2. The second-order valence-electron chi connectivity index (χ2n) is 10.3. The van der Waals surface area contributed by atoms with Crippen molar-refractivity contribution in [2.75, 3.05) is 32.5 Å². The highest BCUT2D eigenvalue weighted by Gasteiger charge is 2.24. The largest absolute Gasteiger partial charge is 0.416 e. The number of fused-ring (bicyclic) bond motifs is 2. The maximum atomic E-state index is 12.8. The average Bonchev–Trinajstić information content (AvgIpc) is 3.59. The molecule has 2 atom stereocenters. The summed E-state index contributed by atoms with van der Waals surface area (Å²) in [4.78, 5) is 24.5. The number of nitrogens with one attached hydrogen (secondary N) is 4. The number of aromatic nitrogens is 2. The van der Waals surface area contributed by atoms with E-state index in [9.17, 15) is 4.79 Å². The Balaban J connectivity index is 1.18. The van der Waals surface area contributed by atoms with Crippen LogP contribution in [0, 0.1) is 0 Å². The molecule has 2 aliphatic carbocycles. The SMILES string of the molecule is CCCN[C@H]1CCc2nc(NC3C=C(NC(=O)Oc4cccc5[nH]cc(CCN(C)C)c45)CC3)sc2C1. The molecule has 0 spiro atoms. The Morgan fingerprint density at radius 2 is 2.16 bits per heavy atom. The summed E-state index contributed by atoms with van der Waals surface area (Å²) in [7, 11) is 4.11. The standard InChI is InChI=1S/C28H38N6O2S/c1-4-13-29-19-10-11-22-25(16-19)37-27(33-22)31-20-8-9-21(15-20)32-28(35)36-24-7-5-6-23-26(24)18(17-30-23)12-14-34(2)3/h5-7,15,17,19-20,29-30H,4,8-14,16H2,1-3H3,(H,31,33)(H,32,35)/t19-,20?/m0/s1. The van der Waals surface area contributed by atoms with Crippen molar-refractivity contribution < 1.29 is 9.53 Å². The van der Waals surface area contributed by atoms with Crippen LogP contribution in [0.25, 0.3) is 10.9 Å². The van der Waals surface area contributed by atoms with Crippen LogP contribution in [0.5, 0.6) is 5.75 Å². The number of amides is 1. The van der Waals surface area contributed by atoms with Crippen molar-refractivity contribution in [1.29, 1.82) is 0 Å². The zero-order valence-corrected chi connectivity index (χ0v) is 22.8. The van der Waals surface area contributed by atoms with E-state index in [-0.39, 0.29) is 6.04 Å². The van der Waals surface area contributed by atoms with Crippen LogP contribution in [-0.2, 0) is 19.3 Å². The first kappa shape index (κ1) is 25.8. The molecule has 4 N–H and O–H groups in total. The van der Waals surface area contributed by atoms with Gasteiger partial charge < -0.3 is 25.3 Å². The number of hydrogen-bond acceptors (Lipinski definition) is 7. The normalized spacial score (nSPS) is 19.2. The van der Waals surface area contributed by atoms with E-state index >= 15 is 0 Å². The van der Waals surface area contributed by atoms with E-state index in [1.54, 1.807) is 11.3 Å². The molecule has 1 unspecified atom stereocenters. The summed E-state index contributed by atoms with van der Waals surface area (Å²) in [5, 5.41) is 12.1. The Hall–Kier alpha value is -2.88. The Kier molecular flexibility index (Phi) is 8.12. The summed E-state index contributed by atoms with van der Waals surface area (Å²) in [5.74, 6) is 0.582. The van der Waals surface area contributed by atoms with Crippen molar-refractivity contribution >= 4 is 33.5 Å². The van der Waals surface area contributed by atoms with Crippen LogP contribution in [-0.4, -0.2) is 60.2 Å². The van der Waals surface area contributed by atoms with Gasteiger partial charge in [-0.15, -0.1) is 11.3 Å². The van der Waals surface area contributed by atoms with Crippen LogP contribution in [0.4, 0.5) is 9.93 Å². The highest BCUT2D eigenvalue weighted by atomic mass is 32.1. The summed E-state index contributed by atoms with van der Waals surface area (Å²) in [6.45, 7) is 4.21. The molecule has 9 heteroatoms. The molecule has 0 radical (unpaired) electrons. The molecule has 2 aliphatic rings. The van der Waals surface area contributed by atoms with Gasteiger partial charge >= 0.3 is 6.09 Å². The number of carbonyl (C=O) groups is 1. The summed E-state index contributed by atoms with van der Waals surface area (Å²) in [5.41, 5.74) is 4.26. The first-order valence-electron chi connectivity index (χ1n) is 13.4. The van der Waals surface area contributed by atoms with Crippen LogP contribution in [0.2, 0.25) is 0 Å². The second kappa shape index (κ2) is 11.7. The second-order valence-corrected chi connectivity index (χ2v) is 11.4. The van der Waals surface area contributed by atoms with Gasteiger partial charge in [0.05, 0.1) is 5.69 Å². The lowest BCUT2D eigenvalue weighted by Crippen LogP contribution is -2.34. The Morgan fingerprint density at radius 1 is 1.27 bits per heavy atom. The van der Waals surface area contributed by atoms with E-state index in [4.69, 9.17) is 9.72 Å². The monoisotopic (exact) mass is 522 g/mol. The highest BCUT2D eigenvalue weighted by Crippen LogP contribution is 2.32. The number of hydrogen-bond donors (Lipinski definition) is 4. The van der Waals surface area contributed by atoms with Crippen LogP contribution < -0.4 is 20.7 Å².